The maximum atomic E-state index is 13.1. The molecule has 0 fully saturated rings. The SMILES string of the molecule is CCn1nc(C)cc1COc1ccc(F)cc1C(=O)O. The third-order valence-corrected chi connectivity index (χ3v) is 2.83. The highest BCUT2D eigenvalue weighted by Crippen LogP contribution is 2.21. The van der Waals surface area contributed by atoms with Crippen LogP contribution in [-0.2, 0) is 13.2 Å². The minimum absolute atomic E-state index is 0.139. The van der Waals surface area contributed by atoms with Gasteiger partial charge in [-0.1, -0.05) is 0 Å². The molecule has 106 valence electrons. The van der Waals surface area contributed by atoms with Crippen LogP contribution in [0.5, 0.6) is 5.75 Å². The van der Waals surface area contributed by atoms with Crippen LogP contribution in [0.1, 0.15) is 28.7 Å². The number of benzene rings is 1. The molecule has 20 heavy (non-hydrogen) atoms. The van der Waals surface area contributed by atoms with Gasteiger partial charge in [0.05, 0.1) is 11.4 Å². The van der Waals surface area contributed by atoms with E-state index in [1.165, 1.54) is 12.1 Å². The average Bonchev–Trinajstić information content (AvgIpc) is 2.77. The standard InChI is InChI=1S/C14H15FN2O3/c1-3-17-11(6-9(2)16-17)8-20-13-5-4-10(15)7-12(13)14(18)19/h4-7H,3,8H2,1-2H3,(H,18,19). The second kappa shape index (κ2) is 5.73. The molecule has 0 unspecified atom stereocenters. The number of carbonyl (C=O) groups is 1. The molecule has 0 saturated heterocycles. The van der Waals surface area contributed by atoms with Gasteiger partial charge in [-0.05, 0) is 38.1 Å². The summed E-state index contributed by atoms with van der Waals surface area (Å²) in [6, 6.07) is 5.30. The molecule has 1 heterocycles. The van der Waals surface area contributed by atoms with Crippen molar-refractivity contribution in [1.29, 1.82) is 0 Å². The first-order chi connectivity index (χ1) is 9.51. The lowest BCUT2D eigenvalue weighted by Gasteiger charge is -2.10. The molecule has 1 aromatic heterocycles. The maximum Gasteiger partial charge on any atom is 0.339 e. The molecule has 6 heteroatoms. The van der Waals surface area contributed by atoms with Gasteiger partial charge in [-0.2, -0.15) is 5.10 Å². The monoisotopic (exact) mass is 278 g/mol. The van der Waals surface area contributed by atoms with Crippen molar-refractivity contribution in [2.24, 2.45) is 0 Å². The first kappa shape index (κ1) is 14.0. The van der Waals surface area contributed by atoms with Crippen molar-refractivity contribution in [3.05, 3.63) is 47.0 Å². The number of hydrogen-bond donors (Lipinski definition) is 1. The van der Waals surface area contributed by atoms with Crippen LogP contribution in [0, 0.1) is 12.7 Å². The number of carboxylic acids is 1. The van der Waals surface area contributed by atoms with Gasteiger partial charge < -0.3 is 9.84 Å². The van der Waals surface area contributed by atoms with E-state index in [0.29, 0.717) is 6.54 Å². The van der Waals surface area contributed by atoms with Crippen molar-refractivity contribution >= 4 is 5.97 Å². The summed E-state index contributed by atoms with van der Waals surface area (Å²) in [6.07, 6.45) is 0. The zero-order chi connectivity index (χ0) is 14.7. The first-order valence-corrected chi connectivity index (χ1v) is 6.20. The predicted molar refractivity (Wildman–Crippen MR) is 70.3 cm³/mol. The predicted octanol–water partition coefficient (Wildman–Crippen LogP) is 2.63. The van der Waals surface area contributed by atoms with Gasteiger partial charge in [0.2, 0.25) is 0 Å². The Morgan fingerprint density at radius 1 is 1.45 bits per heavy atom. The molecule has 0 bridgehead atoms. The van der Waals surface area contributed by atoms with Crippen molar-refractivity contribution in [3.63, 3.8) is 0 Å². The lowest BCUT2D eigenvalue weighted by atomic mass is 10.2. The zero-order valence-electron chi connectivity index (χ0n) is 11.3. The van der Waals surface area contributed by atoms with Crippen molar-refractivity contribution in [2.75, 3.05) is 0 Å². The summed E-state index contributed by atoms with van der Waals surface area (Å²) in [6.45, 7) is 4.70. The molecule has 0 atom stereocenters. The minimum Gasteiger partial charge on any atom is -0.486 e. The number of nitrogens with zero attached hydrogens (tertiary/aromatic N) is 2. The smallest absolute Gasteiger partial charge is 0.339 e. The van der Waals surface area contributed by atoms with Gasteiger partial charge in [-0.3, -0.25) is 4.68 Å². The molecule has 2 aromatic rings. The van der Waals surface area contributed by atoms with E-state index in [0.717, 1.165) is 17.5 Å². The Kier molecular flexibility index (Phi) is 4.02. The van der Waals surface area contributed by atoms with Crippen LogP contribution < -0.4 is 4.74 Å². The quantitative estimate of drug-likeness (QED) is 0.913. The maximum absolute atomic E-state index is 13.1. The molecule has 1 aromatic carbocycles. The highest BCUT2D eigenvalue weighted by molar-refractivity contribution is 5.90. The van der Waals surface area contributed by atoms with Crippen LogP contribution >= 0.6 is 0 Å². The third kappa shape index (κ3) is 2.96. The fourth-order valence-corrected chi connectivity index (χ4v) is 1.94. The Morgan fingerprint density at radius 3 is 2.85 bits per heavy atom. The molecule has 2 rings (SSSR count). The highest BCUT2D eigenvalue weighted by atomic mass is 19.1. The van der Waals surface area contributed by atoms with Gasteiger partial charge in [0.15, 0.2) is 0 Å². The average molecular weight is 278 g/mol. The summed E-state index contributed by atoms with van der Waals surface area (Å²) in [7, 11) is 0. The van der Waals surface area contributed by atoms with Gasteiger partial charge in [0.1, 0.15) is 23.7 Å². The summed E-state index contributed by atoms with van der Waals surface area (Å²) in [5, 5.41) is 13.3. The van der Waals surface area contributed by atoms with Crippen molar-refractivity contribution < 1.29 is 19.0 Å². The van der Waals surface area contributed by atoms with E-state index in [1.54, 1.807) is 4.68 Å². The Balaban J connectivity index is 2.20. The van der Waals surface area contributed by atoms with Crippen molar-refractivity contribution in [1.82, 2.24) is 9.78 Å². The number of carboxylic acid groups (broad SMARTS) is 1. The molecule has 1 N–H and O–H groups in total. The van der Waals surface area contributed by atoms with E-state index in [9.17, 15) is 9.18 Å². The van der Waals surface area contributed by atoms with Crippen LogP contribution in [0.2, 0.25) is 0 Å². The van der Waals surface area contributed by atoms with Gasteiger partial charge in [-0.15, -0.1) is 0 Å². The number of halogens is 1. The minimum atomic E-state index is -1.22. The van der Waals surface area contributed by atoms with E-state index in [-0.39, 0.29) is 17.9 Å². The lowest BCUT2D eigenvalue weighted by molar-refractivity contribution is 0.0691. The molecule has 0 aliphatic rings. The zero-order valence-corrected chi connectivity index (χ0v) is 11.3. The van der Waals surface area contributed by atoms with Crippen molar-refractivity contribution in [2.45, 2.75) is 27.0 Å². The van der Waals surface area contributed by atoms with Crippen LogP contribution in [0.25, 0.3) is 0 Å². The van der Waals surface area contributed by atoms with Gasteiger partial charge in [0, 0.05) is 6.54 Å². The Labute approximate surface area is 115 Å². The van der Waals surface area contributed by atoms with Gasteiger partial charge >= 0.3 is 5.97 Å². The molecule has 0 spiro atoms. The second-order valence-corrected chi connectivity index (χ2v) is 4.33. The Bertz CT molecular complexity index is 637. The number of aryl methyl sites for hydroxylation is 2. The number of rotatable bonds is 5. The lowest BCUT2D eigenvalue weighted by Crippen LogP contribution is -2.08. The molecule has 0 aliphatic carbocycles. The highest BCUT2D eigenvalue weighted by Gasteiger charge is 2.13. The summed E-state index contributed by atoms with van der Waals surface area (Å²) in [4.78, 5) is 11.0. The van der Waals surface area contributed by atoms with E-state index >= 15 is 0 Å². The van der Waals surface area contributed by atoms with E-state index in [1.807, 2.05) is 19.9 Å². The topological polar surface area (TPSA) is 64.4 Å². The molecule has 0 amide bonds. The van der Waals surface area contributed by atoms with E-state index in [4.69, 9.17) is 9.84 Å². The molecular formula is C14H15FN2O3. The van der Waals surface area contributed by atoms with Crippen LogP contribution in [0.3, 0.4) is 0 Å². The fourth-order valence-electron chi connectivity index (χ4n) is 1.94. The van der Waals surface area contributed by atoms with E-state index < -0.39 is 11.8 Å². The third-order valence-electron chi connectivity index (χ3n) is 2.83. The Hall–Kier alpha value is -2.37. The number of ether oxygens (including phenoxy) is 1. The normalized spacial score (nSPS) is 10.6. The van der Waals surface area contributed by atoms with Crippen LogP contribution in [0.15, 0.2) is 24.3 Å². The summed E-state index contributed by atoms with van der Waals surface area (Å²) >= 11 is 0. The van der Waals surface area contributed by atoms with Gasteiger partial charge in [-0.25, -0.2) is 9.18 Å². The fraction of sp³-hybridized carbons (Fsp3) is 0.286. The molecule has 0 aliphatic heterocycles. The number of aromatic nitrogens is 2. The summed E-state index contributed by atoms with van der Waals surface area (Å²) in [5.74, 6) is -1.69. The summed E-state index contributed by atoms with van der Waals surface area (Å²) < 4.78 is 20.3. The molecule has 0 saturated carbocycles. The molecule has 0 radical (unpaired) electrons. The molecular weight excluding hydrogens is 263 g/mol. The molecule has 5 nitrogen and oxygen atoms in total. The first-order valence-electron chi connectivity index (χ1n) is 6.20. The summed E-state index contributed by atoms with van der Waals surface area (Å²) in [5.41, 5.74) is 1.51. The van der Waals surface area contributed by atoms with Crippen LogP contribution in [0.4, 0.5) is 4.39 Å². The van der Waals surface area contributed by atoms with Crippen molar-refractivity contribution in [3.8, 4) is 5.75 Å². The van der Waals surface area contributed by atoms with E-state index in [2.05, 4.69) is 5.10 Å². The van der Waals surface area contributed by atoms with Crippen LogP contribution in [-0.4, -0.2) is 20.9 Å². The largest absolute Gasteiger partial charge is 0.486 e. The number of hydrogen-bond acceptors (Lipinski definition) is 3. The second-order valence-electron chi connectivity index (χ2n) is 4.33. The van der Waals surface area contributed by atoms with Gasteiger partial charge in [0.25, 0.3) is 0 Å². The number of aromatic carboxylic acids is 1. The Morgan fingerprint density at radius 2 is 2.20 bits per heavy atom.